The fourth-order valence-corrected chi connectivity index (χ4v) is 4.88. The third-order valence-corrected chi connectivity index (χ3v) is 7.21. The molecule has 0 aliphatic carbocycles. The van der Waals surface area contributed by atoms with E-state index >= 15 is 0 Å². The lowest BCUT2D eigenvalue weighted by Gasteiger charge is -2.51. The molecule has 1 saturated heterocycles. The second-order valence-electron chi connectivity index (χ2n) is 9.85. The van der Waals surface area contributed by atoms with E-state index in [1.165, 1.54) is 31.6 Å². The first-order valence-electron chi connectivity index (χ1n) is 12.9. The van der Waals surface area contributed by atoms with Gasteiger partial charge in [-0.3, -0.25) is 9.59 Å². The molecular formula is C23H28N10O10S2. The number of nitrogen functional groups attached to an aromatic ring is 1. The molecular weight excluding hydrogens is 640 g/mol. The van der Waals surface area contributed by atoms with Gasteiger partial charge in [-0.15, -0.1) is 11.3 Å². The molecule has 1 aliphatic heterocycles. The average molecular weight is 669 g/mol. The predicted molar refractivity (Wildman–Crippen MR) is 150 cm³/mol. The van der Waals surface area contributed by atoms with Crippen LogP contribution < -0.4 is 26.1 Å². The van der Waals surface area contributed by atoms with Crippen molar-refractivity contribution in [3.05, 3.63) is 42.2 Å². The summed E-state index contributed by atoms with van der Waals surface area (Å²) in [7, 11) is -5.27. The van der Waals surface area contributed by atoms with Crippen molar-refractivity contribution in [3.8, 4) is 11.7 Å². The number of anilines is 1. The summed E-state index contributed by atoms with van der Waals surface area (Å²) >= 11 is 0.939. The van der Waals surface area contributed by atoms with Gasteiger partial charge in [-0.25, -0.2) is 22.8 Å². The quantitative estimate of drug-likeness (QED) is 0.0331. The number of hydroxylamine groups is 2. The Morgan fingerprint density at radius 2 is 2.04 bits per heavy atom. The molecule has 1 aliphatic rings. The van der Waals surface area contributed by atoms with Gasteiger partial charge in [0.25, 0.3) is 24.2 Å². The van der Waals surface area contributed by atoms with Crippen LogP contribution in [0.5, 0.6) is 5.75 Å². The highest BCUT2D eigenvalue weighted by atomic mass is 32.3. The van der Waals surface area contributed by atoms with Crippen molar-refractivity contribution < 1.29 is 50.9 Å². The van der Waals surface area contributed by atoms with E-state index in [9.17, 15) is 32.5 Å². The number of aryl methyl sites for hydroxylation is 1. The number of thiazole rings is 1. The Morgan fingerprint density at radius 3 is 2.62 bits per heavy atom. The molecule has 20 nitrogen and oxygen atoms in total. The highest BCUT2D eigenvalue weighted by Gasteiger charge is 2.57. The van der Waals surface area contributed by atoms with Gasteiger partial charge in [-0.05, 0) is 26.8 Å². The highest BCUT2D eigenvalue weighted by molar-refractivity contribution is 7.80. The lowest BCUT2D eigenvalue weighted by Crippen LogP contribution is -2.76. The summed E-state index contributed by atoms with van der Waals surface area (Å²) in [5.41, 5.74) is 9.06. The second kappa shape index (κ2) is 13.5. The fraction of sp³-hybridized carbons (Fsp3) is 0.391. The number of aromatic nitrogens is 5. The number of nitrogens with two attached hydrogens (primary N) is 2. The number of carboxylic acids is 1. The molecule has 2 atom stereocenters. The molecule has 0 bridgehead atoms. The van der Waals surface area contributed by atoms with Crippen molar-refractivity contribution in [1.29, 1.82) is 0 Å². The molecule has 3 aromatic rings. The lowest BCUT2D eigenvalue weighted by atomic mass is 9.84. The monoisotopic (exact) mass is 668 g/mol. The van der Waals surface area contributed by atoms with E-state index in [2.05, 4.69) is 29.7 Å². The fourth-order valence-electron chi connectivity index (χ4n) is 3.89. The molecule has 4 rings (SSSR count). The summed E-state index contributed by atoms with van der Waals surface area (Å²) in [6.07, 6.45) is 7.09. The molecule has 4 heterocycles. The van der Waals surface area contributed by atoms with Gasteiger partial charge < -0.3 is 36.0 Å². The smallest absolute Gasteiger partial charge is 0.351 e. The summed E-state index contributed by atoms with van der Waals surface area (Å²) in [5, 5.41) is 17.3. The van der Waals surface area contributed by atoms with E-state index in [1.54, 1.807) is 17.1 Å². The van der Waals surface area contributed by atoms with Crippen molar-refractivity contribution in [1.82, 2.24) is 29.9 Å². The maximum atomic E-state index is 13.2. The number of amides is 2. The van der Waals surface area contributed by atoms with Gasteiger partial charge in [0.1, 0.15) is 30.7 Å². The average Bonchev–Trinajstić information content (AvgIpc) is 3.64. The van der Waals surface area contributed by atoms with E-state index in [0.717, 1.165) is 24.3 Å². The Labute approximate surface area is 259 Å². The lowest BCUT2D eigenvalue weighted by molar-refractivity contribution is -0.696. The molecule has 0 aromatic carbocycles. The van der Waals surface area contributed by atoms with Crippen LogP contribution in [0.15, 0.2) is 41.7 Å². The number of nitrogens with zero attached hydrogens (tertiary/aromatic N) is 7. The first kappa shape index (κ1) is 33.1. The Kier molecular flexibility index (Phi) is 9.92. The standard InChI is InChI=1S/C23H28N10O10S2/c1-23(2)17(19(35)33(23)43-45(38,39)40)29-18(34)16(14-11-44-21(25)28-14)30-42-15(20(36)37)10-41-13-8-26-22(27-9-13)32-7-6-31(12-32)5-3-4-24/h6-9,11-12,15,17H,3-5,10,24H2,1-2H3,(H4-,25,28,29,34,36,37,38,39,40)/b30-16-/t15-,17?/m0/s1. The van der Waals surface area contributed by atoms with Crippen molar-refractivity contribution >= 4 is 50.4 Å². The van der Waals surface area contributed by atoms with Gasteiger partial charge in [0.15, 0.2) is 16.6 Å². The highest BCUT2D eigenvalue weighted by Crippen LogP contribution is 2.33. The maximum Gasteiger partial charge on any atom is 0.351 e. The summed E-state index contributed by atoms with van der Waals surface area (Å²) in [4.78, 5) is 54.9. The number of hydrogen-bond donors (Lipinski definition) is 4. The molecule has 1 fully saturated rings. The Morgan fingerprint density at radius 1 is 1.33 bits per heavy atom. The number of ether oxygens (including phenoxy) is 1. The Bertz CT molecular complexity index is 1690. The van der Waals surface area contributed by atoms with Crippen LogP contribution in [0, 0.1) is 0 Å². The molecule has 2 amide bonds. The van der Waals surface area contributed by atoms with Crippen LogP contribution in [0.1, 0.15) is 26.0 Å². The summed E-state index contributed by atoms with van der Waals surface area (Å²) in [5.74, 6) is -3.15. The maximum absolute atomic E-state index is 13.2. The molecule has 22 heteroatoms. The summed E-state index contributed by atoms with van der Waals surface area (Å²) in [6, 6.07) is -1.36. The van der Waals surface area contributed by atoms with Crippen molar-refractivity contribution in [2.75, 3.05) is 18.9 Å². The first-order chi connectivity index (χ1) is 21.2. The van der Waals surface area contributed by atoms with Crippen LogP contribution in [0.4, 0.5) is 5.13 Å². The largest absolute Gasteiger partial charge is 0.724 e. The number of hydrogen-bond acceptors (Lipinski definition) is 16. The van der Waals surface area contributed by atoms with Crippen molar-refractivity contribution in [2.45, 2.75) is 44.5 Å². The minimum atomic E-state index is -5.27. The van der Waals surface area contributed by atoms with Crippen LogP contribution in [-0.2, 0) is 40.4 Å². The molecule has 242 valence electrons. The van der Waals surface area contributed by atoms with Gasteiger partial charge in [-0.2, -0.15) is 23.9 Å². The normalized spacial score (nSPS) is 17.0. The van der Waals surface area contributed by atoms with Gasteiger partial charge in [0.05, 0.1) is 24.5 Å². The van der Waals surface area contributed by atoms with Crippen LogP contribution >= 0.6 is 11.3 Å². The number of carboxylic acid groups (broad SMARTS) is 1. The number of nitrogens with one attached hydrogen (secondary N) is 1. The molecule has 0 radical (unpaired) electrons. The molecule has 0 spiro atoms. The first-order valence-corrected chi connectivity index (χ1v) is 15.1. The predicted octanol–water partition coefficient (Wildman–Crippen LogP) is -2.31. The van der Waals surface area contributed by atoms with Gasteiger partial charge >= 0.3 is 11.9 Å². The number of aliphatic carboxylic acids is 1. The third kappa shape index (κ3) is 8.04. The minimum absolute atomic E-state index is 0.0395. The van der Waals surface area contributed by atoms with Gasteiger partial charge in [-0.1, -0.05) is 5.16 Å². The second-order valence-corrected chi connectivity index (χ2v) is 11.7. The van der Waals surface area contributed by atoms with E-state index in [-0.39, 0.29) is 16.6 Å². The molecule has 45 heavy (non-hydrogen) atoms. The Balaban J connectivity index is 1.44. The number of carbonyl (C=O) groups excluding carboxylic acids is 2. The third-order valence-electron chi connectivity index (χ3n) is 6.20. The van der Waals surface area contributed by atoms with Crippen LogP contribution in [0.3, 0.4) is 0 Å². The molecule has 0 saturated carbocycles. The number of imidazole rings is 1. The Hall–Kier alpha value is -4.77. The van der Waals surface area contributed by atoms with Gasteiger partial charge in [0.2, 0.25) is 10.4 Å². The van der Waals surface area contributed by atoms with Crippen molar-refractivity contribution in [3.63, 3.8) is 0 Å². The zero-order valence-corrected chi connectivity index (χ0v) is 25.3. The van der Waals surface area contributed by atoms with E-state index in [4.69, 9.17) is 21.0 Å². The summed E-state index contributed by atoms with van der Waals surface area (Å²) < 4.78 is 46.1. The zero-order chi connectivity index (χ0) is 32.9. The molecule has 3 aromatic heterocycles. The van der Waals surface area contributed by atoms with Crippen molar-refractivity contribution in [2.24, 2.45) is 10.9 Å². The number of rotatable bonds is 15. The molecule has 6 N–H and O–H groups in total. The zero-order valence-electron chi connectivity index (χ0n) is 23.7. The van der Waals surface area contributed by atoms with Crippen LogP contribution in [-0.4, -0.2) is 97.0 Å². The number of oxime groups is 1. The SMILES string of the molecule is CC1(C)C(NC(=O)/C(=N\O[C@@H](COc2cnc(-n3cc[n+](CCCN)c3)nc2)C(=O)O)c2csc(N)n2)C(=O)N1OS(=O)(=O)[O-]. The van der Waals surface area contributed by atoms with Gasteiger partial charge in [0, 0.05) is 5.38 Å². The number of carbonyl (C=O) groups is 3. The minimum Gasteiger partial charge on any atom is -0.724 e. The van der Waals surface area contributed by atoms with Crippen LogP contribution in [0.2, 0.25) is 0 Å². The molecule has 1 unspecified atom stereocenters. The van der Waals surface area contributed by atoms with Crippen LogP contribution in [0.25, 0.3) is 5.95 Å². The van der Waals surface area contributed by atoms with E-state index in [0.29, 0.717) is 17.6 Å². The van der Waals surface area contributed by atoms with E-state index in [1.807, 2.05) is 10.8 Å². The summed E-state index contributed by atoms with van der Waals surface area (Å²) in [6.45, 7) is 3.34. The number of β-lactam (4-membered cyclic amide) rings is 1. The topological polar surface area (TPSA) is 283 Å². The van der Waals surface area contributed by atoms with E-state index < -0.39 is 58.2 Å².